The predicted molar refractivity (Wildman–Crippen MR) is 87.8 cm³/mol. The van der Waals surface area contributed by atoms with E-state index in [4.69, 9.17) is 0 Å². The average Bonchev–Trinajstić information content (AvgIpc) is 2.41. The predicted octanol–water partition coefficient (Wildman–Crippen LogP) is 4.53. The molecule has 2 aromatic carbocycles. The molecule has 3 heteroatoms. The third kappa shape index (κ3) is 3.08. The minimum absolute atomic E-state index is 0.340. The van der Waals surface area contributed by atoms with E-state index in [1.807, 2.05) is 64.1 Å². The molecule has 0 heterocycles. The van der Waals surface area contributed by atoms with Crippen LogP contribution >= 0.6 is 0 Å². The third-order valence-corrected chi connectivity index (χ3v) is 5.50. The maximum atomic E-state index is 13.0. The van der Waals surface area contributed by atoms with Gasteiger partial charge in [-0.05, 0) is 51.0 Å². The SMILES string of the molecule is CC(C)=C(c1ccccc1C)S(=O)(=O)c1ccc(C)cc1. The van der Waals surface area contributed by atoms with Gasteiger partial charge < -0.3 is 0 Å². The van der Waals surface area contributed by atoms with E-state index < -0.39 is 9.84 Å². The van der Waals surface area contributed by atoms with Gasteiger partial charge in [0.15, 0.2) is 0 Å². The molecule has 0 unspecified atom stereocenters. The number of aryl methyl sites for hydroxylation is 2. The molecule has 2 aromatic rings. The molecule has 0 radical (unpaired) electrons. The van der Waals surface area contributed by atoms with Crippen LogP contribution in [0.5, 0.6) is 0 Å². The number of benzene rings is 2. The monoisotopic (exact) mass is 300 g/mol. The second kappa shape index (κ2) is 5.86. The highest BCUT2D eigenvalue weighted by Crippen LogP contribution is 2.32. The highest BCUT2D eigenvalue weighted by atomic mass is 32.2. The van der Waals surface area contributed by atoms with Gasteiger partial charge in [-0.2, -0.15) is 0 Å². The van der Waals surface area contributed by atoms with Gasteiger partial charge in [0.25, 0.3) is 0 Å². The average molecular weight is 300 g/mol. The van der Waals surface area contributed by atoms with Crippen molar-refractivity contribution in [2.24, 2.45) is 0 Å². The van der Waals surface area contributed by atoms with Crippen LogP contribution in [-0.2, 0) is 9.84 Å². The van der Waals surface area contributed by atoms with Gasteiger partial charge >= 0.3 is 0 Å². The van der Waals surface area contributed by atoms with Crippen molar-refractivity contribution in [2.45, 2.75) is 32.6 Å². The Kier molecular flexibility index (Phi) is 4.33. The largest absolute Gasteiger partial charge is 0.218 e. The van der Waals surface area contributed by atoms with Crippen molar-refractivity contribution in [3.05, 3.63) is 70.8 Å². The lowest BCUT2D eigenvalue weighted by molar-refractivity contribution is 0.605. The van der Waals surface area contributed by atoms with Gasteiger partial charge in [-0.15, -0.1) is 0 Å². The van der Waals surface area contributed by atoms with E-state index in [1.165, 1.54) is 0 Å². The molecule has 0 fully saturated rings. The molecule has 0 amide bonds. The van der Waals surface area contributed by atoms with E-state index in [-0.39, 0.29) is 0 Å². The summed E-state index contributed by atoms with van der Waals surface area (Å²) in [4.78, 5) is 0.747. The van der Waals surface area contributed by atoms with Crippen LogP contribution in [0.2, 0.25) is 0 Å². The van der Waals surface area contributed by atoms with Gasteiger partial charge in [0, 0.05) is 0 Å². The summed E-state index contributed by atoms with van der Waals surface area (Å²) < 4.78 is 26.0. The highest BCUT2D eigenvalue weighted by Gasteiger charge is 2.24. The van der Waals surface area contributed by atoms with Gasteiger partial charge in [-0.25, -0.2) is 8.42 Å². The fourth-order valence-corrected chi connectivity index (χ4v) is 4.13. The molecule has 0 aliphatic heterocycles. The maximum Gasteiger partial charge on any atom is 0.207 e. The molecule has 0 saturated heterocycles. The second-order valence-electron chi connectivity index (χ2n) is 5.46. The van der Waals surface area contributed by atoms with Crippen LogP contribution in [0, 0.1) is 13.8 Å². The molecule has 0 saturated carbocycles. The fraction of sp³-hybridized carbons (Fsp3) is 0.222. The van der Waals surface area contributed by atoms with Crippen LogP contribution in [0.25, 0.3) is 4.91 Å². The number of allylic oxidation sites excluding steroid dienone is 1. The number of rotatable bonds is 3. The highest BCUT2D eigenvalue weighted by molar-refractivity contribution is 8.00. The van der Waals surface area contributed by atoms with Crippen molar-refractivity contribution < 1.29 is 8.42 Å². The van der Waals surface area contributed by atoms with Crippen molar-refractivity contribution in [2.75, 3.05) is 0 Å². The fourth-order valence-electron chi connectivity index (χ4n) is 2.35. The molecule has 2 nitrogen and oxygen atoms in total. The molecule has 0 aromatic heterocycles. The molecular formula is C18H20O2S. The maximum absolute atomic E-state index is 13.0. The standard InChI is InChI=1S/C18H20O2S/c1-13(2)18(17-8-6-5-7-15(17)4)21(19,20)16-11-9-14(3)10-12-16/h5-12H,1-4H3. The lowest BCUT2D eigenvalue weighted by atomic mass is 10.1. The van der Waals surface area contributed by atoms with Gasteiger partial charge in [-0.3, -0.25) is 0 Å². The van der Waals surface area contributed by atoms with Crippen LogP contribution in [0.15, 0.2) is 59.0 Å². The minimum Gasteiger partial charge on any atom is -0.218 e. The zero-order valence-electron chi connectivity index (χ0n) is 12.8. The van der Waals surface area contributed by atoms with E-state index in [0.717, 1.165) is 22.3 Å². The molecule has 2 rings (SSSR count). The molecule has 21 heavy (non-hydrogen) atoms. The van der Waals surface area contributed by atoms with Gasteiger partial charge in [0.2, 0.25) is 9.84 Å². The quantitative estimate of drug-likeness (QED) is 0.834. The van der Waals surface area contributed by atoms with Crippen LogP contribution in [-0.4, -0.2) is 8.42 Å². The zero-order valence-corrected chi connectivity index (χ0v) is 13.7. The van der Waals surface area contributed by atoms with E-state index in [2.05, 4.69) is 0 Å². The summed E-state index contributed by atoms with van der Waals surface area (Å²) in [5.41, 5.74) is 3.58. The van der Waals surface area contributed by atoms with Crippen molar-refractivity contribution >= 4 is 14.7 Å². The summed E-state index contributed by atoms with van der Waals surface area (Å²) in [6.07, 6.45) is 0. The minimum atomic E-state index is -3.51. The van der Waals surface area contributed by atoms with Crippen LogP contribution in [0.3, 0.4) is 0 Å². The summed E-state index contributed by atoms with van der Waals surface area (Å²) in [6, 6.07) is 14.6. The Bertz CT molecular complexity index is 778. The Labute approximate surface area is 127 Å². The first-order chi connectivity index (χ1) is 9.84. The normalized spacial score (nSPS) is 11.2. The van der Waals surface area contributed by atoms with E-state index in [9.17, 15) is 8.42 Å². The number of hydrogen-bond acceptors (Lipinski definition) is 2. The van der Waals surface area contributed by atoms with Crippen molar-refractivity contribution in [3.63, 3.8) is 0 Å². The van der Waals surface area contributed by atoms with Crippen molar-refractivity contribution in [1.29, 1.82) is 0 Å². The topological polar surface area (TPSA) is 34.1 Å². The smallest absolute Gasteiger partial charge is 0.207 e. The first-order valence-corrected chi connectivity index (χ1v) is 8.37. The summed E-state index contributed by atoms with van der Waals surface area (Å²) in [5.74, 6) is 0. The molecule has 0 spiro atoms. The Morgan fingerprint density at radius 1 is 0.857 bits per heavy atom. The van der Waals surface area contributed by atoms with Crippen molar-refractivity contribution in [3.8, 4) is 0 Å². The molecule has 0 atom stereocenters. The molecule has 0 N–H and O–H groups in total. The molecule has 110 valence electrons. The first kappa shape index (κ1) is 15.5. The Balaban J connectivity index is 2.67. The van der Waals surface area contributed by atoms with Crippen LogP contribution in [0.1, 0.15) is 30.5 Å². The van der Waals surface area contributed by atoms with Gasteiger partial charge in [0.1, 0.15) is 0 Å². The van der Waals surface area contributed by atoms with Gasteiger partial charge in [-0.1, -0.05) is 47.5 Å². The molecule has 0 bridgehead atoms. The zero-order chi connectivity index (χ0) is 15.6. The lowest BCUT2D eigenvalue weighted by Gasteiger charge is -2.14. The summed E-state index contributed by atoms with van der Waals surface area (Å²) in [7, 11) is -3.51. The van der Waals surface area contributed by atoms with E-state index >= 15 is 0 Å². The number of hydrogen-bond donors (Lipinski definition) is 0. The Morgan fingerprint density at radius 3 is 1.95 bits per heavy atom. The molecule has 0 aliphatic rings. The second-order valence-corrected chi connectivity index (χ2v) is 7.35. The van der Waals surface area contributed by atoms with Crippen LogP contribution in [0.4, 0.5) is 0 Å². The third-order valence-electron chi connectivity index (χ3n) is 3.44. The van der Waals surface area contributed by atoms with Crippen LogP contribution < -0.4 is 0 Å². The lowest BCUT2D eigenvalue weighted by Crippen LogP contribution is -2.07. The summed E-state index contributed by atoms with van der Waals surface area (Å²) >= 11 is 0. The summed E-state index contributed by atoms with van der Waals surface area (Å²) in [5, 5.41) is 0. The van der Waals surface area contributed by atoms with Gasteiger partial charge in [0.05, 0.1) is 9.80 Å². The first-order valence-electron chi connectivity index (χ1n) is 6.89. The summed E-state index contributed by atoms with van der Waals surface area (Å²) in [6.45, 7) is 7.56. The number of sulfone groups is 1. The Morgan fingerprint density at radius 2 is 1.43 bits per heavy atom. The van der Waals surface area contributed by atoms with Crippen molar-refractivity contribution in [1.82, 2.24) is 0 Å². The van der Waals surface area contributed by atoms with E-state index in [1.54, 1.807) is 12.1 Å². The Hall–Kier alpha value is -1.87. The molecular weight excluding hydrogens is 280 g/mol. The van der Waals surface area contributed by atoms with E-state index in [0.29, 0.717) is 9.80 Å². The molecule has 0 aliphatic carbocycles.